The normalized spacial score (nSPS) is 17.5. The molecule has 1 heterocycles. The van der Waals surface area contributed by atoms with Gasteiger partial charge in [0, 0.05) is 39.6 Å². The van der Waals surface area contributed by atoms with E-state index in [-0.39, 0.29) is 13.0 Å². The molecule has 0 radical (unpaired) electrons. The van der Waals surface area contributed by atoms with Gasteiger partial charge in [-0.05, 0) is 13.0 Å². The molecule has 0 aromatic heterocycles. The van der Waals surface area contributed by atoms with Crippen LogP contribution in [0.25, 0.3) is 0 Å². The molecule has 0 aliphatic carbocycles. The van der Waals surface area contributed by atoms with E-state index in [9.17, 15) is 8.42 Å². The van der Waals surface area contributed by atoms with E-state index in [0.29, 0.717) is 6.54 Å². The number of nitrogens with zero attached hydrogens (tertiary/aromatic N) is 3. The largest absolute Gasteiger partial charge is 0.379 e. The second kappa shape index (κ2) is 8.45. The minimum atomic E-state index is -3.45. The molecule has 1 rings (SSSR count). The molecule has 19 heavy (non-hydrogen) atoms. The summed E-state index contributed by atoms with van der Waals surface area (Å²) in [5.41, 5.74) is 0. The lowest BCUT2D eigenvalue weighted by Gasteiger charge is -2.26. The maximum Gasteiger partial charge on any atom is 0.279 e. The van der Waals surface area contributed by atoms with Gasteiger partial charge in [0.15, 0.2) is 0 Å². The second-order valence-electron chi connectivity index (χ2n) is 4.44. The minimum Gasteiger partial charge on any atom is -0.379 e. The molecule has 1 aliphatic heterocycles. The number of ether oxygens (including phenoxy) is 1. The van der Waals surface area contributed by atoms with Crippen LogP contribution in [0.3, 0.4) is 0 Å². The summed E-state index contributed by atoms with van der Waals surface area (Å²) in [5, 5.41) is 8.43. The Hall–Kier alpha value is -0.720. The van der Waals surface area contributed by atoms with E-state index in [2.05, 4.69) is 9.62 Å². The number of nitrogens with one attached hydrogen (secondary N) is 1. The predicted octanol–water partition coefficient (Wildman–Crippen LogP) is -0.611. The summed E-state index contributed by atoms with van der Waals surface area (Å²) in [6.07, 6.45) is 0.969. The third-order valence-electron chi connectivity index (χ3n) is 2.99. The first kappa shape index (κ1) is 16.3. The summed E-state index contributed by atoms with van der Waals surface area (Å²) in [6, 6.07) is 1.93. The molecule has 0 amide bonds. The number of nitriles is 1. The van der Waals surface area contributed by atoms with Crippen molar-refractivity contribution in [1.29, 1.82) is 5.26 Å². The molecule has 0 aromatic carbocycles. The molecule has 0 bridgehead atoms. The van der Waals surface area contributed by atoms with Gasteiger partial charge in [-0.1, -0.05) is 0 Å². The smallest absolute Gasteiger partial charge is 0.279 e. The highest BCUT2D eigenvalue weighted by atomic mass is 32.2. The Bertz CT molecular complexity index is 387. The van der Waals surface area contributed by atoms with Gasteiger partial charge in [0.25, 0.3) is 10.2 Å². The van der Waals surface area contributed by atoms with Crippen molar-refractivity contribution in [3.63, 3.8) is 0 Å². The Morgan fingerprint density at radius 2 is 2.11 bits per heavy atom. The zero-order chi connectivity index (χ0) is 14.1. The highest BCUT2D eigenvalue weighted by Crippen LogP contribution is 1.99. The maximum absolute atomic E-state index is 11.8. The highest BCUT2D eigenvalue weighted by Gasteiger charge is 2.16. The van der Waals surface area contributed by atoms with Gasteiger partial charge in [-0.25, -0.2) is 4.72 Å². The van der Waals surface area contributed by atoms with Gasteiger partial charge in [-0.2, -0.15) is 18.0 Å². The molecule has 0 spiro atoms. The summed E-state index contributed by atoms with van der Waals surface area (Å²) in [6.45, 7) is 4.83. The predicted molar refractivity (Wildman–Crippen MR) is 71.7 cm³/mol. The second-order valence-corrected chi connectivity index (χ2v) is 6.30. The Labute approximate surface area is 115 Å². The summed E-state index contributed by atoms with van der Waals surface area (Å²) < 4.78 is 32.5. The van der Waals surface area contributed by atoms with Crippen LogP contribution in [0.5, 0.6) is 0 Å². The van der Waals surface area contributed by atoms with Crippen LogP contribution in [-0.4, -0.2) is 70.6 Å². The van der Waals surface area contributed by atoms with Crippen LogP contribution in [-0.2, 0) is 14.9 Å². The molecular weight excluding hydrogens is 268 g/mol. The first-order chi connectivity index (χ1) is 9.06. The third kappa shape index (κ3) is 6.31. The number of hydrogen-bond acceptors (Lipinski definition) is 5. The maximum atomic E-state index is 11.8. The fourth-order valence-electron chi connectivity index (χ4n) is 1.77. The van der Waals surface area contributed by atoms with E-state index < -0.39 is 10.2 Å². The lowest BCUT2D eigenvalue weighted by molar-refractivity contribution is 0.0376. The quantitative estimate of drug-likeness (QED) is 0.603. The van der Waals surface area contributed by atoms with Crippen LogP contribution >= 0.6 is 0 Å². The Kier molecular flexibility index (Phi) is 7.27. The molecular formula is C11H22N4O3S. The van der Waals surface area contributed by atoms with Crippen molar-refractivity contribution in [2.24, 2.45) is 0 Å². The molecule has 7 nitrogen and oxygen atoms in total. The monoisotopic (exact) mass is 290 g/mol. The van der Waals surface area contributed by atoms with Gasteiger partial charge in [0.2, 0.25) is 0 Å². The molecule has 0 unspecified atom stereocenters. The van der Waals surface area contributed by atoms with Crippen molar-refractivity contribution in [1.82, 2.24) is 13.9 Å². The van der Waals surface area contributed by atoms with Crippen molar-refractivity contribution < 1.29 is 13.2 Å². The van der Waals surface area contributed by atoms with Crippen molar-refractivity contribution in [3.05, 3.63) is 0 Å². The summed E-state index contributed by atoms with van der Waals surface area (Å²) in [5.74, 6) is 0. The standard InChI is InChI=1S/C11H22N4O3S/c1-14(6-2-4-12)19(16,17)13-5-3-7-15-8-10-18-11-9-15/h13H,2-3,5-11H2,1H3. The van der Waals surface area contributed by atoms with Gasteiger partial charge in [-0.15, -0.1) is 0 Å². The van der Waals surface area contributed by atoms with E-state index in [1.54, 1.807) is 0 Å². The van der Waals surface area contributed by atoms with Crippen molar-refractivity contribution >= 4 is 10.2 Å². The molecule has 8 heteroatoms. The third-order valence-corrected chi connectivity index (χ3v) is 4.56. The van der Waals surface area contributed by atoms with Crippen molar-refractivity contribution in [2.75, 3.05) is 53.0 Å². The lowest BCUT2D eigenvalue weighted by Crippen LogP contribution is -2.41. The van der Waals surface area contributed by atoms with Crippen molar-refractivity contribution in [2.45, 2.75) is 12.8 Å². The zero-order valence-corrected chi connectivity index (χ0v) is 12.2. The van der Waals surface area contributed by atoms with Crippen LogP contribution in [0, 0.1) is 11.3 Å². The van der Waals surface area contributed by atoms with Crippen LogP contribution < -0.4 is 4.72 Å². The van der Waals surface area contributed by atoms with Crippen LogP contribution in [0.4, 0.5) is 0 Å². The molecule has 1 fully saturated rings. The number of rotatable bonds is 8. The molecule has 0 saturated carbocycles. The van der Waals surface area contributed by atoms with E-state index in [1.807, 2.05) is 6.07 Å². The summed E-state index contributed by atoms with van der Waals surface area (Å²) in [4.78, 5) is 2.26. The number of hydrogen-bond donors (Lipinski definition) is 1. The molecule has 1 N–H and O–H groups in total. The molecule has 1 aliphatic rings. The topological polar surface area (TPSA) is 85.7 Å². The fraction of sp³-hybridized carbons (Fsp3) is 0.909. The highest BCUT2D eigenvalue weighted by molar-refractivity contribution is 7.87. The van der Waals surface area contributed by atoms with Crippen LogP contribution in [0.2, 0.25) is 0 Å². The zero-order valence-electron chi connectivity index (χ0n) is 11.3. The lowest BCUT2D eigenvalue weighted by atomic mass is 10.3. The van der Waals surface area contributed by atoms with Crippen LogP contribution in [0.1, 0.15) is 12.8 Å². The van der Waals surface area contributed by atoms with Gasteiger partial charge in [0.1, 0.15) is 0 Å². The van der Waals surface area contributed by atoms with E-state index >= 15 is 0 Å². The first-order valence-corrected chi connectivity index (χ1v) is 7.88. The minimum absolute atomic E-state index is 0.200. The SMILES string of the molecule is CN(CCC#N)S(=O)(=O)NCCCN1CCOCC1. The van der Waals surface area contributed by atoms with Gasteiger partial charge in [-0.3, -0.25) is 4.90 Å². The Morgan fingerprint density at radius 1 is 1.42 bits per heavy atom. The molecule has 1 saturated heterocycles. The summed E-state index contributed by atoms with van der Waals surface area (Å²) >= 11 is 0. The van der Waals surface area contributed by atoms with E-state index in [1.165, 1.54) is 11.4 Å². The fourth-order valence-corrected chi connectivity index (χ4v) is 2.72. The van der Waals surface area contributed by atoms with Gasteiger partial charge in [0.05, 0.1) is 19.3 Å². The molecule has 110 valence electrons. The molecule has 0 aromatic rings. The Morgan fingerprint density at radius 3 is 2.74 bits per heavy atom. The molecule has 0 atom stereocenters. The van der Waals surface area contributed by atoms with E-state index in [0.717, 1.165) is 39.3 Å². The van der Waals surface area contributed by atoms with Crippen LogP contribution in [0.15, 0.2) is 0 Å². The average Bonchev–Trinajstić information content (AvgIpc) is 2.42. The Balaban J connectivity index is 2.18. The van der Waals surface area contributed by atoms with Crippen molar-refractivity contribution in [3.8, 4) is 6.07 Å². The summed E-state index contributed by atoms with van der Waals surface area (Å²) in [7, 11) is -1.97. The van der Waals surface area contributed by atoms with Gasteiger partial charge >= 0.3 is 0 Å². The first-order valence-electron chi connectivity index (χ1n) is 6.44. The van der Waals surface area contributed by atoms with Gasteiger partial charge < -0.3 is 4.74 Å². The van der Waals surface area contributed by atoms with E-state index in [4.69, 9.17) is 10.00 Å². The number of morpholine rings is 1. The average molecular weight is 290 g/mol.